The monoisotopic (exact) mass is 768 g/mol. The number of aryl methyl sites for hydroxylation is 1. The summed E-state index contributed by atoms with van der Waals surface area (Å²) >= 11 is 3.62. The molecule has 2 atom stereocenters. The first-order chi connectivity index (χ1) is 23.4. The van der Waals surface area contributed by atoms with Gasteiger partial charge in [0, 0.05) is 16.0 Å². The average Bonchev–Trinajstić information content (AvgIpc) is 3.67. The van der Waals surface area contributed by atoms with Crippen LogP contribution in [0.2, 0.25) is 0 Å². The van der Waals surface area contributed by atoms with Crippen LogP contribution in [-0.4, -0.2) is 83.3 Å². The number of ether oxygens (including phenoxy) is 4. The maximum atomic E-state index is 13.6. The minimum Gasteiger partial charge on any atom is -0.427 e. The predicted molar refractivity (Wildman–Crippen MR) is 194 cm³/mol. The zero-order valence-electron chi connectivity index (χ0n) is 28.8. The highest BCUT2D eigenvalue weighted by Crippen LogP contribution is 2.28. The zero-order chi connectivity index (χ0) is 37.2. The number of nitrogen functional groups attached to an aromatic ring is 1. The van der Waals surface area contributed by atoms with Crippen molar-refractivity contribution in [1.29, 1.82) is 0 Å². The number of nitrogens with two attached hydrogens (primary N) is 1. The molecular weight excluding hydrogens is 725 g/mol. The molecule has 0 fully saturated rings. The van der Waals surface area contributed by atoms with Crippen LogP contribution in [0.1, 0.15) is 65.2 Å². The van der Waals surface area contributed by atoms with Crippen molar-refractivity contribution in [2.24, 2.45) is 16.0 Å². The number of carbonyl (C=O) groups excluding carboxylic acids is 5. The Hall–Kier alpha value is -4.49. The molecule has 4 N–H and O–H groups in total. The van der Waals surface area contributed by atoms with Crippen molar-refractivity contribution in [2.45, 2.75) is 67.3 Å². The van der Waals surface area contributed by atoms with E-state index in [-0.39, 0.29) is 35.4 Å². The fourth-order valence-electron chi connectivity index (χ4n) is 3.71. The van der Waals surface area contributed by atoms with E-state index in [1.165, 1.54) is 23.8 Å². The summed E-state index contributed by atoms with van der Waals surface area (Å²) in [7, 11) is 1.22. The molecule has 2 aromatic heterocycles. The summed E-state index contributed by atoms with van der Waals surface area (Å²) in [5.74, 6) is -3.85. The first kappa shape index (κ1) is 42.7. The molecule has 0 saturated carbocycles. The van der Waals surface area contributed by atoms with Gasteiger partial charge in [-0.05, 0) is 60.1 Å². The molecule has 3 heterocycles. The number of nitrogens with zero attached hydrogens (tertiary/aromatic N) is 3. The molecule has 19 heteroatoms. The molecule has 16 nitrogen and oxygen atoms in total. The lowest BCUT2D eigenvalue weighted by molar-refractivity contribution is -0.175. The second-order valence-corrected chi connectivity index (χ2v) is 15.5. The molecule has 1 amide bonds. The van der Waals surface area contributed by atoms with Crippen LogP contribution in [0.4, 0.5) is 5.13 Å². The Kier molecular flexibility index (Phi) is 15.6. The third kappa shape index (κ3) is 12.4. The lowest BCUT2D eigenvalue weighted by Gasteiger charge is -2.32. The fourth-order valence-corrected chi connectivity index (χ4v) is 6.12. The number of anilines is 1. The van der Waals surface area contributed by atoms with E-state index in [2.05, 4.69) is 25.8 Å². The topological polar surface area (TPSA) is 220 Å². The van der Waals surface area contributed by atoms with Crippen LogP contribution in [-0.2, 0) is 47.8 Å². The summed E-state index contributed by atoms with van der Waals surface area (Å²) in [6.45, 7) is 10.3. The molecule has 2 aromatic rings. The van der Waals surface area contributed by atoms with Crippen molar-refractivity contribution >= 4 is 81.1 Å². The standard InChI is InChI=1S/C31H40N6O10S3.CH4/c1-16-19(50-13-33-16)10-9-17-11-48-24(36-20(17)25(39)44-14-46-27(41)30(2,3)4)22(26(40)45-15-47-28(42)31(5,6)7)35-23(38)21(37-43-8)18-12-49-29(32)34-18;/h9-10,12-13,22,24,36H,11,14-15H2,1-8H3,(H2,32,34)(H,35,38);1H4/b10-9-,37-21-;. The van der Waals surface area contributed by atoms with Gasteiger partial charge in [-0.15, -0.1) is 34.4 Å². The van der Waals surface area contributed by atoms with Crippen LogP contribution < -0.4 is 16.4 Å². The summed E-state index contributed by atoms with van der Waals surface area (Å²) in [6, 6.07) is -1.50. The van der Waals surface area contributed by atoms with Crippen LogP contribution in [0.15, 0.2) is 33.4 Å². The van der Waals surface area contributed by atoms with Crippen LogP contribution in [0.3, 0.4) is 0 Å². The number of oxime groups is 1. The lowest BCUT2D eigenvalue weighted by Crippen LogP contribution is -2.56. The number of nitrogens with one attached hydrogen (secondary N) is 2. The Balaban J connectivity index is 0.00000901. The van der Waals surface area contributed by atoms with Gasteiger partial charge in [0.1, 0.15) is 23.9 Å². The van der Waals surface area contributed by atoms with E-state index in [1.807, 2.05) is 6.92 Å². The Labute approximate surface area is 308 Å². The van der Waals surface area contributed by atoms with E-state index in [0.717, 1.165) is 33.7 Å². The van der Waals surface area contributed by atoms with Crippen LogP contribution in [0.25, 0.3) is 6.08 Å². The molecule has 3 rings (SSSR count). The van der Waals surface area contributed by atoms with Crippen LogP contribution in [0.5, 0.6) is 0 Å². The molecule has 0 bridgehead atoms. The first-order valence-electron chi connectivity index (χ1n) is 14.9. The van der Waals surface area contributed by atoms with Gasteiger partial charge in [0.25, 0.3) is 5.91 Å². The van der Waals surface area contributed by atoms with Gasteiger partial charge in [0.15, 0.2) is 16.9 Å². The number of carbonyl (C=O) groups is 5. The molecule has 0 radical (unpaired) electrons. The number of hydrogen-bond acceptors (Lipinski definition) is 18. The van der Waals surface area contributed by atoms with Gasteiger partial charge in [0.05, 0.1) is 22.0 Å². The first-order valence-corrected chi connectivity index (χ1v) is 17.7. The van der Waals surface area contributed by atoms with Crippen molar-refractivity contribution in [3.05, 3.63) is 44.5 Å². The highest BCUT2D eigenvalue weighted by atomic mass is 32.2. The van der Waals surface area contributed by atoms with Crippen molar-refractivity contribution < 1.29 is 47.8 Å². The number of hydrogen-bond donors (Lipinski definition) is 3. The van der Waals surface area contributed by atoms with Crippen molar-refractivity contribution in [1.82, 2.24) is 20.6 Å². The molecular formula is C32H44N6O10S3. The quantitative estimate of drug-likeness (QED) is 0.114. The van der Waals surface area contributed by atoms with Gasteiger partial charge in [-0.1, -0.05) is 18.7 Å². The van der Waals surface area contributed by atoms with E-state index in [4.69, 9.17) is 29.5 Å². The highest BCUT2D eigenvalue weighted by Gasteiger charge is 2.38. The van der Waals surface area contributed by atoms with Crippen molar-refractivity contribution in [3.63, 3.8) is 0 Å². The molecule has 0 spiro atoms. The number of esters is 4. The smallest absolute Gasteiger partial charge is 0.357 e. The van der Waals surface area contributed by atoms with Gasteiger partial charge in [-0.25, -0.2) is 19.6 Å². The summed E-state index contributed by atoms with van der Waals surface area (Å²) in [5, 5.41) is 9.90. The Morgan fingerprint density at radius 1 is 1.02 bits per heavy atom. The maximum absolute atomic E-state index is 13.6. The lowest BCUT2D eigenvalue weighted by atomic mass is 9.97. The zero-order valence-corrected chi connectivity index (χ0v) is 31.3. The second-order valence-electron chi connectivity index (χ2n) is 12.6. The van der Waals surface area contributed by atoms with Crippen molar-refractivity contribution in [2.75, 3.05) is 32.2 Å². The predicted octanol–water partition coefficient (Wildman–Crippen LogP) is 3.77. The summed E-state index contributed by atoms with van der Waals surface area (Å²) in [4.78, 5) is 79.1. The molecule has 1 aliphatic rings. The maximum Gasteiger partial charge on any atom is 0.357 e. The van der Waals surface area contributed by atoms with Gasteiger partial charge in [0.2, 0.25) is 13.6 Å². The molecule has 280 valence electrons. The molecule has 0 aromatic carbocycles. The fraction of sp³-hybridized carbons (Fsp3) is 0.500. The van der Waals surface area contributed by atoms with Gasteiger partial charge < -0.3 is 40.2 Å². The minimum absolute atomic E-state index is 0. The molecule has 0 saturated heterocycles. The van der Waals surface area contributed by atoms with E-state index >= 15 is 0 Å². The summed E-state index contributed by atoms with van der Waals surface area (Å²) < 4.78 is 20.8. The Morgan fingerprint density at radius 2 is 1.65 bits per heavy atom. The third-order valence-electron chi connectivity index (χ3n) is 6.45. The normalized spacial score (nSPS) is 15.6. The van der Waals surface area contributed by atoms with Gasteiger partial charge >= 0.3 is 23.9 Å². The molecule has 1 aliphatic heterocycles. The van der Waals surface area contributed by atoms with Gasteiger partial charge in [-0.3, -0.25) is 14.4 Å². The second kappa shape index (κ2) is 18.7. The number of thioether (sulfide) groups is 1. The average molecular weight is 769 g/mol. The molecule has 2 unspecified atom stereocenters. The third-order valence-corrected chi connectivity index (χ3v) is 9.25. The SMILES string of the molecule is C.CO/N=C(\C(=O)NC(C(=O)OCOC(=O)C(C)(C)C)C1NC(C(=O)OCOC(=O)C(C)(C)C)=C(/C=C\c2scnc2C)CS1)c1csc(N)n1. The summed E-state index contributed by atoms with van der Waals surface area (Å²) in [5.41, 5.74) is 6.71. The van der Waals surface area contributed by atoms with E-state index in [1.54, 1.807) is 59.2 Å². The largest absolute Gasteiger partial charge is 0.427 e. The number of thiazole rings is 2. The number of allylic oxidation sites excluding steroid dienone is 1. The van der Waals surface area contributed by atoms with Gasteiger partial charge in [-0.2, -0.15) is 0 Å². The minimum atomic E-state index is -1.50. The highest BCUT2D eigenvalue weighted by molar-refractivity contribution is 8.00. The summed E-state index contributed by atoms with van der Waals surface area (Å²) in [6.07, 6.45) is 3.48. The Morgan fingerprint density at radius 3 is 2.18 bits per heavy atom. The van der Waals surface area contributed by atoms with E-state index in [9.17, 15) is 24.0 Å². The Bertz CT molecular complexity index is 1670. The van der Waals surface area contributed by atoms with E-state index in [0.29, 0.717) is 5.57 Å². The molecule has 0 aliphatic carbocycles. The number of amides is 1. The van der Waals surface area contributed by atoms with Crippen molar-refractivity contribution in [3.8, 4) is 0 Å². The van der Waals surface area contributed by atoms with Crippen LogP contribution in [0, 0.1) is 17.8 Å². The molecule has 51 heavy (non-hydrogen) atoms. The number of aromatic nitrogens is 2. The number of rotatable bonds is 13. The van der Waals surface area contributed by atoms with E-state index < -0.39 is 65.6 Å². The van der Waals surface area contributed by atoms with Crippen LogP contribution >= 0.6 is 34.4 Å².